The van der Waals surface area contributed by atoms with E-state index >= 15 is 0 Å². The average Bonchev–Trinajstić information content (AvgIpc) is 2.61. The Morgan fingerprint density at radius 1 is 1.45 bits per heavy atom. The molecule has 0 bridgehead atoms. The average molecular weight is 309 g/mol. The van der Waals surface area contributed by atoms with E-state index in [0.29, 0.717) is 16.9 Å². The van der Waals surface area contributed by atoms with E-state index in [2.05, 4.69) is 5.32 Å². The van der Waals surface area contributed by atoms with Gasteiger partial charge in [0.25, 0.3) is 5.91 Å². The largest absolute Gasteiger partial charge is 0.390 e. The van der Waals surface area contributed by atoms with Crippen LogP contribution >= 0.6 is 11.6 Å². The third-order valence-electron chi connectivity index (χ3n) is 3.06. The molecule has 0 radical (unpaired) electrons. The Balaban J connectivity index is 2.22. The molecule has 0 fully saturated rings. The monoisotopic (exact) mass is 308 g/mol. The Hall–Kier alpha value is -1.47. The minimum absolute atomic E-state index is 0.184. The summed E-state index contributed by atoms with van der Waals surface area (Å²) in [6, 6.07) is 2.85. The molecule has 1 aliphatic rings. The van der Waals surface area contributed by atoms with Crippen LogP contribution in [-0.4, -0.2) is 30.8 Å². The smallest absolute Gasteiger partial charge is 0.378 e. The third-order valence-corrected chi connectivity index (χ3v) is 3.36. The van der Waals surface area contributed by atoms with Gasteiger partial charge in [-0.25, -0.2) is 0 Å². The van der Waals surface area contributed by atoms with Crippen molar-refractivity contribution in [2.45, 2.75) is 18.7 Å². The first-order chi connectivity index (χ1) is 9.19. The Kier molecular flexibility index (Phi) is 3.84. The van der Waals surface area contributed by atoms with Crippen molar-refractivity contribution in [2.24, 2.45) is 0 Å². The van der Waals surface area contributed by atoms with Crippen LogP contribution in [0.2, 0.25) is 5.02 Å². The zero-order chi connectivity index (χ0) is 15.1. The SMILES string of the molecule is CN(CCC(F)(F)F)c1cc2c(cc1Cl)C(O)C(=O)N2. The number of halogens is 4. The third kappa shape index (κ3) is 2.99. The number of fused-ring (bicyclic) bond motifs is 1. The minimum atomic E-state index is -4.25. The minimum Gasteiger partial charge on any atom is -0.378 e. The second kappa shape index (κ2) is 5.14. The molecule has 8 heteroatoms. The van der Waals surface area contributed by atoms with Crippen molar-refractivity contribution in [1.82, 2.24) is 0 Å². The van der Waals surface area contributed by atoms with Gasteiger partial charge in [-0.2, -0.15) is 13.2 Å². The summed E-state index contributed by atoms with van der Waals surface area (Å²) in [5.41, 5.74) is 1.05. The zero-order valence-electron chi connectivity index (χ0n) is 10.5. The quantitative estimate of drug-likeness (QED) is 0.903. The van der Waals surface area contributed by atoms with E-state index in [-0.39, 0.29) is 11.6 Å². The molecular weight excluding hydrogens is 297 g/mol. The molecule has 0 aliphatic carbocycles. The van der Waals surface area contributed by atoms with Crippen LogP contribution in [0.3, 0.4) is 0 Å². The van der Waals surface area contributed by atoms with Crippen molar-refractivity contribution in [3.63, 3.8) is 0 Å². The maximum atomic E-state index is 12.2. The van der Waals surface area contributed by atoms with Crippen LogP contribution < -0.4 is 10.2 Å². The van der Waals surface area contributed by atoms with Gasteiger partial charge in [0.15, 0.2) is 6.10 Å². The lowest BCUT2D eigenvalue weighted by atomic mass is 10.1. The lowest BCUT2D eigenvalue weighted by Gasteiger charge is -2.22. The summed E-state index contributed by atoms with van der Waals surface area (Å²) in [4.78, 5) is 12.7. The maximum absolute atomic E-state index is 12.2. The van der Waals surface area contributed by atoms with Crippen molar-refractivity contribution in [3.05, 3.63) is 22.7 Å². The molecule has 1 aliphatic heterocycles. The first-order valence-corrected chi connectivity index (χ1v) is 6.17. The molecule has 1 aromatic rings. The molecule has 1 unspecified atom stereocenters. The van der Waals surface area contributed by atoms with Crippen LogP contribution in [-0.2, 0) is 4.79 Å². The molecule has 0 saturated heterocycles. The van der Waals surface area contributed by atoms with Crippen LogP contribution in [0, 0.1) is 0 Å². The summed E-state index contributed by atoms with van der Waals surface area (Å²) in [6.07, 6.45) is -6.51. The number of hydrogen-bond acceptors (Lipinski definition) is 3. The number of nitrogens with zero attached hydrogens (tertiary/aromatic N) is 1. The highest BCUT2D eigenvalue weighted by Gasteiger charge is 2.31. The zero-order valence-corrected chi connectivity index (χ0v) is 11.2. The molecule has 4 nitrogen and oxygen atoms in total. The molecule has 2 N–H and O–H groups in total. The number of carbonyl (C=O) groups excluding carboxylic acids is 1. The van der Waals surface area contributed by atoms with Crippen molar-refractivity contribution in [3.8, 4) is 0 Å². The van der Waals surface area contributed by atoms with E-state index in [4.69, 9.17) is 11.6 Å². The molecule has 1 heterocycles. The van der Waals surface area contributed by atoms with E-state index in [1.165, 1.54) is 24.1 Å². The topological polar surface area (TPSA) is 52.6 Å². The van der Waals surface area contributed by atoms with Gasteiger partial charge >= 0.3 is 6.18 Å². The first kappa shape index (κ1) is 14.9. The first-order valence-electron chi connectivity index (χ1n) is 5.79. The van der Waals surface area contributed by atoms with Crippen LogP contribution in [0.5, 0.6) is 0 Å². The van der Waals surface area contributed by atoms with Crippen LogP contribution in [0.15, 0.2) is 12.1 Å². The van der Waals surface area contributed by atoms with Gasteiger partial charge in [-0.15, -0.1) is 0 Å². The van der Waals surface area contributed by atoms with Gasteiger partial charge in [0, 0.05) is 24.8 Å². The van der Waals surface area contributed by atoms with Crippen LogP contribution in [0.25, 0.3) is 0 Å². The predicted molar refractivity (Wildman–Crippen MR) is 69.0 cm³/mol. The van der Waals surface area contributed by atoms with E-state index in [1.54, 1.807) is 0 Å². The highest BCUT2D eigenvalue weighted by atomic mass is 35.5. The second-order valence-electron chi connectivity index (χ2n) is 4.57. The standard InChI is InChI=1S/C12H12ClF3N2O2/c1-18(3-2-12(14,15)16)9-5-8-6(4-7(9)13)10(19)11(20)17-8/h4-5,10,19H,2-3H2,1H3,(H,17,20). The van der Waals surface area contributed by atoms with Crippen molar-refractivity contribution in [2.75, 3.05) is 23.8 Å². The highest BCUT2D eigenvalue weighted by Crippen LogP contribution is 2.38. The molecule has 0 saturated carbocycles. The van der Waals surface area contributed by atoms with Gasteiger partial charge in [0.1, 0.15) is 0 Å². The number of benzene rings is 1. The Morgan fingerprint density at radius 3 is 2.70 bits per heavy atom. The summed E-state index contributed by atoms with van der Waals surface area (Å²) in [5.74, 6) is -0.578. The van der Waals surface area contributed by atoms with Crippen molar-refractivity contribution < 1.29 is 23.1 Å². The van der Waals surface area contributed by atoms with Crippen molar-refractivity contribution in [1.29, 1.82) is 0 Å². The molecule has 0 spiro atoms. The molecule has 1 atom stereocenters. The number of aliphatic hydroxyl groups is 1. The van der Waals surface area contributed by atoms with Gasteiger partial charge in [-0.05, 0) is 12.1 Å². The molecule has 2 rings (SSSR count). The van der Waals surface area contributed by atoms with Gasteiger partial charge in [-0.3, -0.25) is 4.79 Å². The predicted octanol–water partition coefficient (Wildman–Crippen LogP) is 2.71. The fourth-order valence-electron chi connectivity index (χ4n) is 1.96. The molecule has 0 aromatic heterocycles. The normalized spacial score (nSPS) is 17.9. The van der Waals surface area contributed by atoms with Crippen LogP contribution in [0.1, 0.15) is 18.1 Å². The number of rotatable bonds is 3. The van der Waals surface area contributed by atoms with E-state index < -0.39 is 24.6 Å². The maximum Gasteiger partial charge on any atom is 0.390 e. The number of aliphatic hydroxyl groups excluding tert-OH is 1. The van der Waals surface area contributed by atoms with Gasteiger partial charge in [-0.1, -0.05) is 11.6 Å². The molecule has 1 aromatic carbocycles. The number of carbonyl (C=O) groups is 1. The van der Waals surface area contributed by atoms with Crippen molar-refractivity contribution >= 4 is 28.9 Å². The number of amides is 1. The van der Waals surface area contributed by atoms with Crippen LogP contribution in [0.4, 0.5) is 24.5 Å². The molecule has 1 amide bonds. The van der Waals surface area contributed by atoms with E-state index in [9.17, 15) is 23.1 Å². The summed E-state index contributed by atoms with van der Waals surface area (Å²) >= 11 is 5.99. The number of anilines is 2. The molecular formula is C12H12ClF3N2O2. The van der Waals surface area contributed by atoms with Gasteiger partial charge < -0.3 is 15.3 Å². The van der Waals surface area contributed by atoms with E-state index in [1.807, 2.05) is 0 Å². The summed E-state index contributed by atoms with van der Waals surface area (Å²) < 4.78 is 36.6. The van der Waals surface area contributed by atoms with Gasteiger partial charge in [0.05, 0.1) is 17.1 Å². The number of alkyl halides is 3. The summed E-state index contributed by atoms with van der Waals surface area (Å²) in [5, 5.41) is 12.2. The highest BCUT2D eigenvalue weighted by molar-refractivity contribution is 6.33. The Morgan fingerprint density at radius 2 is 2.10 bits per heavy atom. The lowest BCUT2D eigenvalue weighted by Crippen LogP contribution is -2.24. The lowest BCUT2D eigenvalue weighted by molar-refractivity contribution is -0.132. The number of hydrogen-bond donors (Lipinski definition) is 2. The number of nitrogens with one attached hydrogen (secondary N) is 1. The fraction of sp³-hybridized carbons (Fsp3) is 0.417. The molecule has 110 valence electrons. The Labute approximate surface area is 118 Å². The van der Waals surface area contributed by atoms with Gasteiger partial charge in [0.2, 0.25) is 0 Å². The second-order valence-corrected chi connectivity index (χ2v) is 4.98. The Bertz CT molecular complexity index is 548. The summed E-state index contributed by atoms with van der Waals surface area (Å²) in [6.45, 7) is -0.251. The molecule has 20 heavy (non-hydrogen) atoms. The van der Waals surface area contributed by atoms with E-state index in [0.717, 1.165) is 0 Å². The fourth-order valence-corrected chi connectivity index (χ4v) is 2.28. The summed E-state index contributed by atoms with van der Waals surface area (Å²) in [7, 11) is 1.48.